The average molecular weight is 391 g/mol. The number of carbonyl (C=O) groups is 2. The van der Waals surface area contributed by atoms with Gasteiger partial charge in [-0.15, -0.1) is 10.2 Å². The second-order valence-corrected chi connectivity index (χ2v) is 8.13. The van der Waals surface area contributed by atoms with E-state index < -0.39 is 5.41 Å². The van der Waals surface area contributed by atoms with E-state index in [1.807, 2.05) is 16.4 Å². The summed E-state index contributed by atoms with van der Waals surface area (Å²) in [7, 11) is 2.09. The molecule has 2 aliphatic rings. The van der Waals surface area contributed by atoms with Crippen LogP contribution in [-0.2, 0) is 22.6 Å². The highest BCUT2D eigenvalue weighted by molar-refractivity contribution is 5.84. The zero-order valence-corrected chi connectivity index (χ0v) is 17.5. The van der Waals surface area contributed by atoms with Gasteiger partial charge in [-0.1, -0.05) is 6.92 Å². The number of aryl methyl sites for hydroxylation is 1. The molecule has 3 rings (SSSR count). The van der Waals surface area contributed by atoms with Crippen molar-refractivity contribution in [3.63, 3.8) is 0 Å². The predicted molar refractivity (Wildman–Crippen MR) is 107 cm³/mol. The molecule has 0 saturated carbocycles. The minimum Gasteiger partial charge on any atom is -0.355 e. The molecule has 0 radical (unpaired) electrons. The van der Waals surface area contributed by atoms with E-state index in [2.05, 4.69) is 34.4 Å². The molecule has 8 heteroatoms. The molecule has 0 bridgehead atoms. The van der Waals surface area contributed by atoms with Crippen LogP contribution in [-0.4, -0.2) is 75.6 Å². The van der Waals surface area contributed by atoms with Crippen LogP contribution in [0.1, 0.15) is 51.8 Å². The zero-order chi connectivity index (χ0) is 20.1. The molecule has 2 aliphatic heterocycles. The second kappa shape index (κ2) is 9.03. The second-order valence-electron chi connectivity index (χ2n) is 8.13. The highest BCUT2D eigenvalue weighted by atomic mass is 16.2. The first-order valence-corrected chi connectivity index (χ1v) is 10.6. The van der Waals surface area contributed by atoms with E-state index in [0.29, 0.717) is 32.5 Å². The molecule has 156 valence electrons. The molecule has 8 nitrogen and oxygen atoms in total. The SMILES string of the molecule is CCCC(=O)N1CC[C@]2(C(=O)NCCc3nncn3CC)CCCN(C)[C@H]2C1. The molecule has 2 amide bonds. The van der Waals surface area contributed by atoms with Crippen molar-refractivity contribution in [2.45, 2.75) is 65.0 Å². The number of rotatable bonds is 7. The molecule has 1 N–H and O–H groups in total. The first kappa shape index (κ1) is 20.8. The van der Waals surface area contributed by atoms with Gasteiger partial charge < -0.3 is 19.7 Å². The summed E-state index contributed by atoms with van der Waals surface area (Å²) in [6.07, 6.45) is 6.52. The Morgan fingerprint density at radius 3 is 2.86 bits per heavy atom. The quantitative estimate of drug-likeness (QED) is 0.753. The molecule has 2 fully saturated rings. The number of nitrogens with one attached hydrogen (secondary N) is 1. The van der Waals surface area contributed by atoms with Gasteiger partial charge in [0, 0.05) is 45.1 Å². The molecular weight excluding hydrogens is 356 g/mol. The van der Waals surface area contributed by atoms with Crippen molar-refractivity contribution in [3.05, 3.63) is 12.2 Å². The molecule has 1 aromatic heterocycles. The number of hydrogen-bond acceptors (Lipinski definition) is 5. The third kappa shape index (κ3) is 4.06. The summed E-state index contributed by atoms with van der Waals surface area (Å²) in [4.78, 5) is 30.0. The van der Waals surface area contributed by atoms with Crippen molar-refractivity contribution in [1.29, 1.82) is 0 Å². The van der Waals surface area contributed by atoms with Crippen LogP contribution < -0.4 is 5.32 Å². The van der Waals surface area contributed by atoms with E-state index in [-0.39, 0.29) is 17.9 Å². The Kier molecular flexibility index (Phi) is 6.69. The fourth-order valence-corrected chi connectivity index (χ4v) is 4.81. The zero-order valence-electron chi connectivity index (χ0n) is 17.5. The fourth-order valence-electron chi connectivity index (χ4n) is 4.81. The van der Waals surface area contributed by atoms with Crippen molar-refractivity contribution in [3.8, 4) is 0 Å². The molecule has 0 aromatic carbocycles. The smallest absolute Gasteiger partial charge is 0.227 e. The van der Waals surface area contributed by atoms with Gasteiger partial charge in [-0.25, -0.2) is 0 Å². The van der Waals surface area contributed by atoms with Gasteiger partial charge in [0.25, 0.3) is 0 Å². The van der Waals surface area contributed by atoms with Gasteiger partial charge in [0.15, 0.2) is 0 Å². The molecule has 2 atom stereocenters. The molecule has 3 heterocycles. The van der Waals surface area contributed by atoms with Crippen molar-refractivity contribution in [2.75, 3.05) is 33.2 Å². The Bertz CT molecular complexity index is 690. The third-order valence-corrected chi connectivity index (χ3v) is 6.46. The van der Waals surface area contributed by atoms with E-state index in [4.69, 9.17) is 0 Å². The number of aromatic nitrogens is 3. The molecule has 0 spiro atoms. The Balaban J connectivity index is 1.65. The normalized spacial score (nSPS) is 25.4. The third-order valence-electron chi connectivity index (χ3n) is 6.46. The summed E-state index contributed by atoms with van der Waals surface area (Å²) < 4.78 is 2.00. The number of hydrogen-bond donors (Lipinski definition) is 1. The molecule has 0 aliphatic carbocycles. The highest BCUT2D eigenvalue weighted by Crippen LogP contribution is 2.42. The Labute approximate surface area is 167 Å². The topological polar surface area (TPSA) is 83.4 Å². The first-order valence-electron chi connectivity index (χ1n) is 10.6. The van der Waals surface area contributed by atoms with E-state index in [0.717, 1.165) is 44.6 Å². The molecule has 2 saturated heterocycles. The van der Waals surface area contributed by atoms with Crippen molar-refractivity contribution in [1.82, 2.24) is 29.9 Å². The van der Waals surface area contributed by atoms with Gasteiger partial charge in [-0.05, 0) is 46.2 Å². The Morgan fingerprint density at radius 2 is 2.11 bits per heavy atom. The van der Waals surface area contributed by atoms with Crippen molar-refractivity contribution < 1.29 is 9.59 Å². The Morgan fingerprint density at radius 1 is 1.29 bits per heavy atom. The van der Waals surface area contributed by atoms with Crippen LogP contribution in [0.15, 0.2) is 6.33 Å². The van der Waals surface area contributed by atoms with Crippen LogP contribution in [0.4, 0.5) is 0 Å². The van der Waals surface area contributed by atoms with Crippen LogP contribution in [0.3, 0.4) is 0 Å². The van der Waals surface area contributed by atoms with Crippen LogP contribution in [0, 0.1) is 5.41 Å². The van der Waals surface area contributed by atoms with E-state index in [1.54, 1.807) is 6.33 Å². The lowest BCUT2D eigenvalue weighted by Crippen LogP contribution is -2.65. The summed E-state index contributed by atoms with van der Waals surface area (Å²) in [6.45, 7) is 7.80. The lowest BCUT2D eigenvalue weighted by atomic mass is 9.67. The minimum absolute atomic E-state index is 0.0927. The minimum atomic E-state index is -0.394. The summed E-state index contributed by atoms with van der Waals surface area (Å²) in [5, 5.41) is 11.3. The predicted octanol–water partition coefficient (Wildman–Crippen LogP) is 1.07. The fraction of sp³-hybridized carbons (Fsp3) is 0.800. The maximum Gasteiger partial charge on any atom is 0.227 e. The summed E-state index contributed by atoms with van der Waals surface area (Å²) >= 11 is 0. The van der Waals surface area contributed by atoms with Crippen molar-refractivity contribution in [2.24, 2.45) is 5.41 Å². The number of piperidine rings is 2. The maximum atomic E-state index is 13.3. The van der Waals surface area contributed by atoms with Gasteiger partial charge in [0.05, 0.1) is 5.41 Å². The first-order chi connectivity index (χ1) is 13.5. The highest BCUT2D eigenvalue weighted by Gasteiger charge is 2.52. The van der Waals surface area contributed by atoms with Crippen LogP contribution in [0.5, 0.6) is 0 Å². The van der Waals surface area contributed by atoms with Crippen molar-refractivity contribution >= 4 is 11.8 Å². The molecule has 28 heavy (non-hydrogen) atoms. The number of nitrogens with zero attached hydrogens (tertiary/aromatic N) is 5. The van der Waals surface area contributed by atoms with E-state index >= 15 is 0 Å². The lowest BCUT2D eigenvalue weighted by molar-refractivity contribution is -0.150. The maximum absolute atomic E-state index is 13.3. The monoisotopic (exact) mass is 390 g/mol. The molecular formula is C20H34N6O2. The van der Waals surface area contributed by atoms with E-state index in [1.165, 1.54) is 0 Å². The Hall–Kier alpha value is -1.96. The summed E-state index contributed by atoms with van der Waals surface area (Å²) in [5.41, 5.74) is -0.394. The number of likely N-dealkylation sites (N-methyl/N-ethyl adjacent to an activating group) is 1. The summed E-state index contributed by atoms with van der Waals surface area (Å²) in [5.74, 6) is 1.25. The summed E-state index contributed by atoms with van der Waals surface area (Å²) in [6, 6.07) is 0.0927. The van der Waals surface area contributed by atoms with Crippen LogP contribution >= 0.6 is 0 Å². The largest absolute Gasteiger partial charge is 0.355 e. The number of carbonyl (C=O) groups excluding carboxylic acids is 2. The van der Waals surface area contributed by atoms with Gasteiger partial charge in [0.1, 0.15) is 12.2 Å². The average Bonchev–Trinajstić information content (AvgIpc) is 3.15. The van der Waals surface area contributed by atoms with Gasteiger partial charge >= 0.3 is 0 Å². The number of likely N-dealkylation sites (tertiary alicyclic amines) is 2. The lowest BCUT2D eigenvalue weighted by Gasteiger charge is -2.53. The number of fused-ring (bicyclic) bond motifs is 1. The molecule has 1 aromatic rings. The van der Waals surface area contributed by atoms with Gasteiger partial charge in [-0.3, -0.25) is 9.59 Å². The van der Waals surface area contributed by atoms with Gasteiger partial charge in [-0.2, -0.15) is 0 Å². The standard InChI is InChI=1S/C20H34N6O2/c1-4-7-18(27)26-13-10-20(9-6-12-24(3)16(20)14-26)19(28)21-11-8-17-23-22-15-25(17)5-2/h15-16H,4-14H2,1-3H3,(H,21,28)/t16-,20+/m0/s1. The van der Waals surface area contributed by atoms with Gasteiger partial charge in [0.2, 0.25) is 11.8 Å². The molecule has 0 unspecified atom stereocenters. The van der Waals surface area contributed by atoms with Crippen LogP contribution in [0.2, 0.25) is 0 Å². The number of amides is 2. The van der Waals surface area contributed by atoms with E-state index in [9.17, 15) is 9.59 Å². The van der Waals surface area contributed by atoms with Crippen LogP contribution in [0.25, 0.3) is 0 Å².